The Hall–Kier alpha value is -0.0400. The molecule has 1 N–H and O–H groups in total. The maximum Gasteiger partial charge on any atom is 0.0462 e. The highest BCUT2D eigenvalue weighted by molar-refractivity contribution is 5.02. The first-order valence-corrected chi connectivity index (χ1v) is 4.77. The average Bonchev–Trinajstić information content (AvgIpc) is 2.04. The number of hydrogen-bond donors (Lipinski definition) is 1. The summed E-state index contributed by atoms with van der Waals surface area (Å²) < 4.78 is 0. The summed E-state index contributed by atoms with van der Waals surface area (Å²) in [4.78, 5) is 0. The molecule has 3 fully saturated rings. The lowest BCUT2D eigenvalue weighted by Gasteiger charge is -2.59. The number of aliphatic hydroxyl groups excluding tert-OH is 1. The van der Waals surface area contributed by atoms with E-state index in [1.807, 2.05) is 0 Å². The Bertz CT molecular complexity index is 160. The van der Waals surface area contributed by atoms with Crippen LogP contribution in [0.15, 0.2) is 0 Å². The van der Waals surface area contributed by atoms with Gasteiger partial charge in [-0.2, -0.15) is 0 Å². The molecular weight excluding hydrogens is 136 g/mol. The second kappa shape index (κ2) is 2.22. The maximum absolute atomic E-state index is 9.12. The zero-order valence-corrected chi connectivity index (χ0v) is 7.51. The number of rotatable bonds is 1. The Morgan fingerprint density at radius 1 is 1.36 bits per heavy atom. The molecule has 3 aliphatic rings. The number of fused-ring (bicyclic) bond motifs is 2. The van der Waals surface area contributed by atoms with Gasteiger partial charge in [-0.3, -0.25) is 0 Å². The average molecular weight is 154 g/mol. The zero-order chi connectivity index (χ0) is 8.06. The van der Waals surface area contributed by atoms with E-state index in [2.05, 4.69) is 13.8 Å². The molecule has 2 bridgehead atoms. The van der Waals surface area contributed by atoms with Crippen molar-refractivity contribution in [2.75, 3.05) is 6.61 Å². The van der Waals surface area contributed by atoms with Gasteiger partial charge in [0, 0.05) is 6.61 Å². The minimum absolute atomic E-state index is 0.417. The fourth-order valence-corrected chi connectivity index (χ4v) is 3.18. The standard InChI is InChI=1S/C10H18O/c1-10(2)8-4-3-7(6-11)9(10)5-8/h7-9,11H,3-6H2,1-2H3/t7-,8+,9-/m0/s1. The molecule has 0 amide bonds. The Balaban J connectivity index is 2.10. The van der Waals surface area contributed by atoms with Crippen LogP contribution in [-0.2, 0) is 0 Å². The van der Waals surface area contributed by atoms with Crippen LogP contribution < -0.4 is 0 Å². The smallest absolute Gasteiger partial charge is 0.0462 e. The van der Waals surface area contributed by atoms with E-state index in [0.717, 1.165) is 11.8 Å². The van der Waals surface area contributed by atoms with Crippen molar-refractivity contribution >= 4 is 0 Å². The first-order chi connectivity index (χ1) is 5.16. The molecule has 3 atom stereocenters. The Morgan fingerprint density at radius 3 is 2.45 bits per heavy atom. The van der Waals surface area contributed by atoms with Crippen LogP contribution in [0.1, 0.15) is 33.1 Å². The van der Waals surface area contributed by atoms with Crippen molar-refractivity contribution in [2.45, 2.75) is 33.1 Å². The van der Waals surface area contributed by atoms with Crippen molar-refractivity contribution in [1.29, 1.82) is 0 Å². The molecule has 0 unspecified atom stereocenters. The van der Waals surface area contributed by atoms with Crippen LogP contribution in [0.2, 0.25) is 0 Å². The molecule has 0 heterocycles. The van der Waals surface area contributed by atoms with Crippen LogP contribution >= 0.6 is 0 Å². The van der Waals surface area contributed by atoms with Gasteiger partial charge in [0.25, 0.3) is 0 Å². The van der Waals surface area contributed by atoms with Crippen molar-refractivity contribution in [3.05, 3.63) is 0 Å². The van der Waals surface area contributed by atoms with Gasteiger partial charge in [-0.05, 0) is 42.4 Å². The van der Waals surface area contributed by atoms with Crippen molar-refractivity contribution in [3.8, 4) is 0 Å². The molecule has 0 aromatic rings. The van der Waals surface area contributed by atoms with Gasteiger partial charge in [-0.1, -0.05) is 13.8 Å². The highest BCUT2D eigenvalue weighted by Crippen LogP contribution is 2.61. The zero-order valence-electron chi connectivity index (χ0n) is 7.51. The second-order valence-corrected chi connectivity index (χ2v) is 4.88. The Kier molecular flexibility index (Phi) is 1.54. The van der Waals surface area contributed by atoms with Gasteiger partial charge in [-0.15, -0.1) is 0 Å². The second-order valence-electron chi connectivity index (χ2n) is 4.88. The van der Waals surface area contributed by atoms with Crippen molar-refractivity contribution in [3.63, 3.8) is 0 Å². The van der Waals surface area contributed by atoms with Gasteiger partial charge in [0.15, 0.2) is 0 Å². The van der Waals surface area contributed by atoms with Gasteiger partial charge < -0.3 is 5.11 Å². The van der Waals surface area contributed by atoms with E-state index in [-0.39, 0.29) is 0 Å². The summed E-state index contributed by atoms with van der Waals surface area (Å²) in [5.74, 6) is 2.41. The number of hydrogen-bond acceptors (Lipinski definition) is 1. The SMILES string of the molecule is CC1(C)[C@@H]2CC[C@@H](CO)[C@@H]1C2. The summed E-state index contributed by atoms with van der Waals surface area (Å²) in [5.41, 5.74) is 0.547. The van der Waals surface area contributed by atoms with E-state index in [1.165, 1.54) is 19.3 Å². The van der Waals surface area contributed by atoms with E-state index < -0.39 is 0 Å². The highest BCUT2D eigenvalue weighted by atomic mass is 16.3. The molecule has 0 saturated heterocycles. The lowest BCUT2D eigenvalue weighted by molar-refractivity contribution is -0.116. The minimum Gasteiger partial charge on any atom is -0.396 e. The molecule has 0 aromatic carbocycles. The fourth-order valence-electron chi connectivity index (χ4n) is 3.18. The predicted molar refractivity (Wildman–Crippen MR) is 45.2 cm³/mol. The molecule has 1 nitrogen and oxygen atoms in total. The first-order valence-electron chi connectivity index (χ1n) is 4.77. The van der Waals surface area contributed by atoms with Crippen LogP contribution in [-0.4, -0.2) is 11.7 Å². The van der Waals surface area contributed by atoms with E-state index >= 15 is 0 Å². The van der Waals surface area contributed by atoms with Crippen molar-refractivity contribution < 1.29 is 5.11 Å². The van der Waals surface area contributed by atoms with Gasteiger partial charge in [0.1, 0.15) is 0 Å². The first kappa shape index (κ1) is 7.60. The molecule has 0 aromatic heterocycles. The molecular formula is C10H18O. The molecule has 11 heavy (non-hydrogen) atoms. The Morgan fingerprint density at radius 2 is 2.09 bits per heavy atom. The van der Waals surface area contributed by atoms with Gasteiger partial charge in [0.05, 0.1) is 0 Å². The van der Waals surface area contributed by atoms with Crippen LogP contribution in [0, 0.1) is 23.2 Å². The summed E-state index contributed by atoms with van der Waals surface area (Å²) in [5, 5.41) is 9.12. The summed E-state index contributed by atoms with van der Waals surface area (Å²) in [6.45, 7) is 5.15. The Labute approximate surface area is 68.8 Å². The lowest BCUT2D eigenvalue weighted by Crippen LogP contribution is -2.53. The summed E-state index contributed by atoms with van der Waals surface area (Å²) in [7, 11) is 0. The van der Waals surface area contributed by atoms with E-state index in [0.29, 0.717) is 17.9 Å². The number of aliphatic hydroxyl groups is 1. The lowest BCUT2D eigenvalue weighted by atomic mass is 9.46. The molecule has 3 aliphatic carbocycles. The normalized spacial score (nSPS) is 46.6. The third kappa shape index (κ3) is 0.868. The quantitative estimate of drug-likeness (QED) is 0.613. The molecule has 0 aliphatic heterocycles. The van der Waals surface area contributed by atoms with E-state index in [4.69, 9.17) is 5.11 Å². The molecule has 3 saturated carbocycles. The molecule has 3 rings (SSSR count). The van der Waals surface area contributed by atoms with Crippen LogP contribution in [0.5, 0.6) is 0 Å². The van der Waals surface area contributed by atoms with Crippen LogP contribution in [0.25, 0.3) is 0 Å². The summed E-state index contributed by atoms with van der Waals surface area (Å²) in [6, 6.07) is 0. The molecule has 1 heteroatoms. The molecule has 0 spiro atoms. The summed E-state index contributed by atoms with van der Waals surface area (Å²) in [6.07, 6.45) is 4.02. The van der Waals surface area contributed by atoms with Crippen LogP contribution in [0.3, 0.4) is 0 Å². The van der Waals surface area contributed by atoms with Crippen LogP contribution in [0.4, 0.5) is 0 Å². The third-order valence-corrected chi connectivity index (χ3v) is 4.24. The van der Waals surface area contributed by atoms with Gasteiger partial charge in [-0.25, -0.2) is 0 Å². The van der Waals surface area contributed by atoms with Crippen molar-refractivity contribution in [2.24, 2.45) is 23.2 Å². The molecule has 64 valence electrons. The van der Waals surface area contributed by atoms with E-state index in [1.54, 1.807) is 0 Å². The predicted octanol–water partition coefficient (Wildman–Crippen LogP) is 2.05. The maximum atomic E-state index is 9.12. The third-order valence-electron chi connectivity index (χ3n) is 4.24. The monoisotopic (exact) mass is 154 g/mol. The van der Waals surface area contributed by atoms with Crippen molar-refractivity contribution in [1.82, 2.24) is 0 Å². The van der Waals surface area contributed by atoms with Gasteiger partial charge in [0.2, 0.25) is 0 Å². The summed E-state index contributed by atoms with van der Waals surface area (Å²) >= 11 is 0. The van der Waals surface area contributed by atoms with Gasteiger partial charge >= 0.3 is 0 Å². The largest absolute Gasteiger partial charge is 0.396 e. The topological polar surface area (TPSA) is 20.2 Å². The van der Waals surface area contributed by atoms with E-state index in [9.17, 15) is 0 Å². The molecule has 0 radical (unpaired) electrons. The minimum atomic E-state index is 0.417. The fraction of sp³-hybridized carbons (Fsp3) is 1.00. The highest BCUT2D eigenvalue weighted by Gasteiger charge is 2.53.